The summed E-state index contributed by atoms with van der Waals surface area (Å²) >= 11 is 0. The molecule has 4 heteroatoms. The van der Waals surface area contributed by atoms with Crippen LogP contribution in [0.1, 0.15) is 24.0 Å². The molecule has 17 heavy (non-hydrogen) atoms. The molecule has 0 aliphatic carbocycles. The molecule has 0 bridgehead atoms. The van der Waals surface area contributed by atoms with E-state index in [4.69, 9.17) is 14.2 Å². The fraction of sp³-hybridized carbons (Fsp3) is 0.538. The van der Waals surface area contributed by atoms with Crippen molar-refractivity contribution in [2.24, 2.45) is 0 Å². The molecule has 0 aliphatic rings. The summed E-state index contributed by atoms with van der Waals surface area (Å²) in [5.41, 5.74) is 1.95. The molecule has 0 radical (unpaired) electrons. The monoisotopic (exact) mass is 240 g/mol. The second kappa shape index (κ2) is 6.47. The van der Waals surface area contributed by atoms with E-state index in [2.05, 4.69) is 0 Å². The molecule has 0 aromatic heterocycles. The lowest BCUT2D eigenvalue weighted by Crippen LogP contribution is -2.07. The first-order chi connectivity index (χ1) is 8.17. The van der Waals surface area contributed by atoms with Gasteiger partial charge in [0, 0.05) is 31.3 Å². The van der Waals surface area contributed by atoms with Crippen LogP contribution in [0.25, 0.3) is 0 Å². The number of aliphatic hydroxyl groups excluding tert-OH is 1. The Morgan fingerprint density at radius 1 is 1.18 bits per heavy atom. The van der Waals surface area contributed by atoms with E-state index in [-0.39, 0.29) is 12.5 Å². The third-order valence-electron chi connectivity index (χ3n) is 2.72. The van der Waals surface area contributed by atoms with E-state index < -0.39 is 0 Å². The van der Waals surface area contributed by atoms with Gasteiger partial charge in [-0.1, -0.05) is 6.92 Å². The Kier molecular flexibility index (Phi) is 5.25. The van der Waals surface area contributed by atoms with Crippen LogP contribution in [-0.4, -0.2) is 33.0 Å². The van der Waals surface area contributed by atoms with Crippen molar-refractivity contribution in [3.63, 3.8) is 0 Å². The van der Waals surface area contributed by atoms with Gasteiger partial charge in [0.2, 0.25) is 0 Å². The minimum Gasteiger partial charge on any atom is -0.497 e. The van der Waals surface area contributed by atoms with Crippen molar-refractivity contribution in [3.05, 3.63) is 23.3 Å². The van der Waals surface area contributed by atoms with Gasteiger partial charge in [-0.15, -0.1) is 0 Å². The molecule has 0 spiro atoms. The zero-order chi connectivity index (χ0) is 12.8. The Morgan fingerprint density at radius 3 is 2.35 bits per heavy atom. The lowest BCUT2D eigenvalue weighted by atomic mass is 9.95. The largest absolute Gasteiger partial charge is 0.497 e. The third-order valence-corrected chi connectivity index (χ3v) is 2.72. The molecule has 0 saturated carbocycles. The maximum Gasteiger partial charge on any atom is 0.126 e. The van der Waals surface area contributed by atoms with Crippen molar-refractivity contribution < 1.29 is 19.3 Å². The number of rotatable bonds is 6. The third kappa shape index (κ3) is 3.11. The van der Waals surface area contributed by atoms with E-state index in [0.717, 1.165) is 22.6 Å². The van der Waals surface area contributed by atoms with Crippen LogP contribution in [0.4, 0.5) is 0 Å². The standard InChI is InChI=1S/C13H20O4/c1-9(7-14)13-10(8-15-2)5-11(16-3)6-12(13)17-4/h5-6,9,14H,7-8H2,1-4H3. The number of benzene rings is 1. The summed E-state index contributed by atoms with van der Waals surface area (Å²) in [6, 6.07) is 3.73. The predicted molar refractivity (Wildman–Crippen MR) is 65.8 cm³/mol. The highest BCUT2D eigenvalue weighted by Crippen LogP contribution is 2.34. The van der Waals surface area contributed by atoms with Gasteiger partial charge in [-0.25, -0.2) is 0 Å². The molecular formula is C13H20O4. The van der Waals surface area contributed by atoms with Gasteiger partial charge in [-0.2, -0.15) is 0 Å². The van der Waals surface area contributed by atoms with Gasteiger partial charge in [-0.05, 0) is 11.6 Å². The Labute approximate surface area is 102 Å². The van der Waals surface area contributed by atoms with Crippen LogP contribution < -0.4 is 9.47 Å². The summed E-state index contributed by atoms with van der Waals surface area (Å²) in [5, 5.41) is 9.30. The van der Waals surface area contributed by atoms with Crippen LogP contribution in [0.5, 0.6) is 11.5 Å². The van der Waals surface area contributed by atoms with Crippen molar-refractivity contribution in [1.82, 2.24) is 0 Å². The molecule has 0 aliphatic heterocycles. The molecule has 1 unspecified atom stereocenters. The summed E-state index contributed by atoms with van der Waals surface area (Å²) in [4.78, 5) is 0. The van der Waals surface area contributed by atoms with Gasteiger partial charge < -0.3 is 19.3 Å². The van der Waals surface area contributed by atoms with Gasteiger partial charge in [0.05, 0.1) is 20.8 Å². The average Bonchev–Trinajstić information content (AvgIpc) is 2.37. The fourth-order valence-electron chi connectivity index (χ4n) is 1.87. The molecule has 0 saturated heterocycles. The van der Waals surface area contributed by atoms with Gasteiger partial charge in [0.15, 0.2) is 0 Å². The van der Waals surface area contributed by atoms with Crippen molar-refractivity contribution in [1.29, 1.82) is 0 Å². The van der Waals surface area contributed by atoms with Gasteiger partial charge in [0.25, 0.3) is 0 Å². The molecule has 96 valence electrons. The van der Waals surface area contributed by atoms with Gasteiger partial charge >= 0.3 is 0 Å². The van der Waals surface area contributed by atoms with Gasteiger partial charge in [0.1, 0.15) is 11.5 Å². The summed E-state index contributed by atoms with van der Waals surface area (Å²) in [5.74, 6) is 1.45. The fourth-order valence-corrected chi connectivity index (χ4v) is 1.87. The van der Waals surface area contributed by atoms with Crippen LogP contribution in [0.3, 0.4) is 0 Å². The Bertz CT molecular complexity index is 363. The molecule has 1 N–H and O–H groups in total. The SMILES string of the molecule is COCc1cc(OC)cc(OC)c1C(C)CO. The van der Waals surface area contributed by atoms with E-state index in [1.54, 1.807) is 21.3 Å². The molecular weight excluding hydrogens is 220 g/mol. The highest BCUT2D eigenvalue weighted by Gasteiger charge is 2.17. The van der Waals surface area contributed by atoms with Crippen molar-refractivity contribution in [2.75, 3.05) is 27.9 Å². The zero-order valence-electron chi connectivity index (χ0n) is 10.8. The highest BCUT2D eigenvalue weighted by atomic mass is 16.5. The van der Waals surface area contributed by atoms with E-state index in [9.17, 15) is 5.11 Å². The van der Waals surface area contributed by atoms with E-state index in [1.165, 1.54) is 0 Å². The second-order valence-electron chi connectivity index (χ2n) is 3.92. The van der Waals surface area contributed by atoms with Crippen molar-refractivity contribution in [3.8, 4) is 11.5 Å². The minimum absolute atomic E-state index is 0.000932. The highest BCUT2D eigenvalue weighted by molar-refractivity contribution is 5.48. The minimum atomic E-state index is 0.000932. The van der Waals surface area contributed by atoms with E-state index in [1.807, 2.05) is 19.1 Å². The molecule has 1 aromatic carbocycles. The Balaban J connectivity index is 3.29. The average molecular weight is 240 g/mol. The van der Waals surface area contributed by atoms with Gasteiger partial charge in [-0.3, -0.25) is 0 Å². The quantitative estimate of drug-likeness (QED) is 0.825. The number of aliphatic hydroxyl groups is 1. The number of hydrogen-bond acceptors (Lipinski definition) is 4. The maximum atomic E-state index is 9.30. The molecule has 0 amide bonds. The number of ether oxygens (including phenoxy) is 3. The first-order valence-corrected chi connectivity index (χ1v) is 5.52. The van der Waals surface area contributed by atoms with E-state index >= 15 is 0 Å². The summed E-state index contributed by atoms with van der Waals surface area (Å²) in [6.07, 6.45) is 0. The second-order valence-corrected chi connectivity index (χ2v) is 3.92. The van der Waals surface area contributed by atoms with E-state index in [0.29, 0.717) is 6.61 Å². The normalized spacial score (nSPS) is 12.3. The molecule has 1 aromatic rings. The van der Waals surface area contributed by atoms with Crippen LogP contribution in [-0.2, 0) is 11.3 Å². The van der Waals surface area contributed by atoms with Crippen LogP contribution in [0.2, 0.25) is 0 Å². The topological polar surface area (TPSA) is 47.9 Å². The first kappa shape index (κ1) is 13.8. The molecule has 0 fully saturated rings. The van der Waals surface area contributed by atoms with Crippen LogP contribution in [0.15, 0.2) is 12.1 Å². The smallest absolute Gasteiger partial charge is 0.126 e. The lowest BCUT2D eigenvalue weighted by Gasteiger charge is -2.19. The van der Waals surface area contributed by atoms with Crippen LogP contribution >= 0.6 is 0 Å². The predicted octanol–water partition coefficient (Wildman–Crippen LogP) is 1.95. The Morgan fingerprint density at radius 2 is 1.88 bits per heavy atom. The molecule has 0 heterocycles. The zero-order valence-corrected chi connectivity index (χ0v) is 10.8. The Hall–Kier alpha value is -1.26. The molecule has 4 nitrogen and oxygen atoms in total. The number of methoxy groups -OCH3 is 3. The number of hydrogen-bond donors (Lipinski definition) is 1. The van der Waals surface area contributed by atoms with Crippen molar-refractivity contribution in [2.45, 2.75) is 19.4 Å². The van der Waals surface area contributed by atoms with Crippen LogP contribution in [0, 0.1) is 0 Å². The molecule has 1 rings (SSSR count). The summed E-state index contributed by atoms with van der Waals surface area (Å²) < 4.78 is 15.7. The lowest BCUT2D eigenvalue weighted by molar-refractivity contribution is 0.182. The molecule has 1 atom stereocenters. The first-order valence-electron chi connectivity index (χ1n) is 5.52. The maximum absolute atomic E-state index is 9.30. The summed E-state index contributed by atoms with van der Waals surface area (Å²) in [7, 11) is 4.86. The van der Waals surface area contributed by atoms with Crippen molar-refractivity contribution >= 4 is 0 Å². The summed E-state index contributed by atoms with van der Waals surface area (Å²) in [6.45, 7) is 2.48.